The van der Waals surface area contributed by atoms with Crippen LogP contribution >= 0.6 is 0 Å². The van der Waals surface area contributed by atoms with Gasteiger partial charge in [-0.3, -0.25) is 4.79 Å². The lowest BCUT2D eigenvalue weighted by atomic mass is 10.0. The van der Waals surface area contributed by atoms with E-state index < -0.39 is 0 Å². The molecule has 0 spiro atoms. The van der Waals surface area contributed by atoms with E-state index in [4.69, 9.17) is 10.5 Å². The van der Waals surface area contributed by atoms with Crippen LogP contribution < -0.4 is 11.1 Å². The quantitative estimate of drug-likeness (QED) is 0.755. The van der Waals surface area contributed by atoms with Crippen molar-refractivity contribution in [3.63, 3.8) is 0 Å². The van der Waals surface area contributed by atoms with Crippen LogP contribution in [0.2, 0.25) is 0 Å². The van der Waals surface area contributed by atoms with Crippen molar-refractivity contribution >= 4 is 5.91 Å². The van der Waals surface area contributed by atoms with Crippen LogP contribution in [0.5, 0.6) is 0 Å². The molecule has 2 fully saturated rings. The van der Waals surface area contributed by atoms with Crippen molar-refractivity contribution in [2.45, 2.75) is 57.7 Å². The van der Waals surface area contributed by atoms with Crippen LogP contribution in [0.15, 0.2) is 0 Å². The smallest absolute Gasteiger partial charge is 0.237 e. The fraction of sp³-hybridized carbons (Fsp3) is 0.923. The van der Waals surface area contributed by atoms with Crippen LogP contribution in [0.3, 0.4) is 0 Å². The molecule has 1 saturated heterocycles. The second-order valence-electron chi connectivity index (χ2n) is 5.81. The number of carbonyl (C=O) groups is 1. The van der Waals surface area contributed by atoms with Crippen molar-refractivity contribution in [3.05, 3.63) is 0 Å². The lowest BCUT2D eigenvalue weighted by Gasteiger charge is -2.22. The number of nitrogens with one attached hydrogen (secondary N) is 1. The van der Waals surface area contributed by atoms with Gasteiger partial charge < -0.3 is 15.8 Å². The molecule has 1 amide bonds. The molecule has 1 saturated carbocycles. The van der Waals surface area contributed by atoms with Crippen molar-refractivity contribution in [2.75, 3.05) is 6.61 Å². The lowest BCUT2D eigenvalue weighted by molar-refractivity contribution is -0.123. The highest BCUT2D eigenvalue weighted by Gasteiger charge is 2.41. The second kappa shape index (κ2) is 5.36. The van der Waals surface area contributed by atoms with Crippen LogP contribution in [0.4, 0.5) is 0 Å². The van der Waals surface area contributed by atoms with E-state index in [0.717, 1.165) is 19.4 Å². The summed E-state index contributed by atoms with van der Waals surface area (Å²) in [6.07, 6.45) is 4.41. The summed E-state index contributed by atoms with van der Waals surface area (Å²) in [7, 11) is 0. The Morgan fingerprint density at radius 1 is 1.41 bits per heavy atom. The molecule has 3 N–H and O–H groups in total. The summed E-state index contributed by atoms with van der Waals surface area (Å²) in [5, 5.41) is 3.07. The molecule has 98 valence electrons. The largest absolute Gasteiger partial charge is 0.376 e. The van der Waals surface area contributed by atoms with E-state index in [9.17, 15) is 4.79 Å². The summed E-state index contributed by atoms with van der Waals surface area (Å²) in [4.78, 5) is 11.9. The third kappa shape index (κ3) is 3.42. The Bertz CT molecular complexity index is 277. The number of hydrogen-bond acceptors (Lipinski definition) is 3. The van der Waals surface area contributed by atoms with E-state index in [1.807, 2.05) is 0 Å². The van der Waals surface area contributed by atoms with Crippen molar-refractivity contribution in [1.29, 1.82) is 0 Å². The summed E-state index contributed by atoms with van der Waals surface area (Å²) in [5.41, 5.74) is 5.88. The molecule has 0 bridgehead atoms. The number of hydrogen-bond donors (Lipinski definition) is 2. The Morgan fingerprint density at radius 3 is 2.71 bits per heavy atom. The third-order valence-corrected chi connectivity index (χ3v) is 3.61. The Kier molecular flexibility index (Phi) is 4.05. The highest BCUT2D eigenvalue weighted by Crippen LogP contribution is 2.38. The zero-order chi connectivity index (χ0) is 12.4. The van der Waals surface area contributed by atoms with Gasteiger partial charge in [-0.25, -0.2) is 0 Å². The summed E-state index contributed by atoms with van der Waals surface area (Å²) >= 11 is 0. The molecule has 1 heterocycles. The fourth-order valence-electron chi connectivity index (χ4n) is 2.56. The predicted molar refractivity (Wildman–Crippen MR) is 66.4 cm³/mol. The van der Waals surface area contributed by atoms with Gasteiger partial charge in [0.15, 0.2) is 0 Å². The summed E-state index contributed by atoms with van der Waals surface area (Å²) < 4.78 is 5.70. The van der Waals surface area contributed by atoms with Crippen LogP contribution in [-0.4, -0.2) is 30.7 Å². The van der Waals surface area contributed by atoms with Gasteiger partial charge in [-0.15, -0.1) is 0 Å². The first-order valence-electron chi connectivity index (χ1n) is 6.75. The molecule has 2 aliphatic rings. The van der Waals surface area contributed by atoms with Crippen molar-refractivity contribution in [3.8, 4) is 0 Å². The van der Waals surface area contributed by atoms with Gasteiger partial charge in [0.1, 0.15) is 0 Å². The van der Waals surface area contributed by atoms with Gasteiger partial charge in [0, 0.05) is 6.61 Å². The van der Waals surface area contributed by atoms with Gasteiger partial charge in [-0.05, 0) is 37.5 Å². The Balaban J connectivity index is 1.80. The number of rotatable bonds is 5. The topological polar surface area (TPSA) is 64.4 Å². The van der Waals surface area contributed by atoms with E-state index in [1.54, 1.807) is 0 Å². The summed E-state index contributed by atoms with van der Waals surface area (Å²) in [5.74, 6) is 1.11. The van der Waals surface area contributed by atoms with Crippen molar-refractivity contribution in [1.82, 2.24) is 5.32 Å². The number of amides is 1. The summed E-state index contributed by atoms with van der Waals surface area (Å²) in [6.45, 7) is 4.93. The van der Waals surface area contributed by atoms with E-state index >= 15 is 0 Å². The normalized spacial score (nSPS) is 30.6. The van der Waals surface area contributed by atoms with Gasteiger partial charge in [0.2, 0.25) is 5.91 Å². The molecule has 0 radical (unpaired) electrons. The molecule has 3 atom stereocenters. The van der Waals surface area contributed by atoms with Gasteiger partial charge in [0.05, 0.1) is 18.2 Å². The zero-order valence-corrected chi connectivity index (χ0v) is 10.8. The maximum atomic E-state index is 11.9. The van der Waals surface area contributed by atoms with Crippen LogP contribution in [-0.2, 0) is 9.53 Å². The highest BCUT2D eigenvalue weighted by molar-refractivity contribution is 5.81. The molecule has 0 aromatic heterocycles. The van der Waals surface area contributed by atoms with Crippen LogP contribution in [0, 0.1) is 11.8 Å². The number of nitrogens with two attached hydrogens (primary N) is 1. The fourth-order valence-corrected chi connectivity index (χ4v) is 2.56. The first-order valence-corrected chi connectivity index (χ1v) is 6.75. The molecule has 3 unspecified atom stereocenters. The molecule has 4 nitrogen and oxygen atoms in total. The number of ether oxygens (including phenoxy) is 1. The van der Waals surface area contributed by atoms with Crippen LogP contribution in [0.25, 0.3) is 0 Å². The summed E-state index contributed by atoms with van der Waals surface area (Å²) in [6, 6.07) is -0.191. The lowest BCUT2D eigenvalue weighted by Crippen LogP contribution is -2.49. The molecule has 4 heteroatoms. The minimum absolute atomic E-state index is 0.0140. The van der Waals surface area contributed by atoms with E-state index in [0.29, 0.717) is 11.8 Å². The maximum absolute atomic E-state index is 11.9. The molecule has 2 rings (SSSR count). The van der Waals surface area contributed by atoms with Crippen LogP contribution in [0.1, 0.15) is 39.5 Å². The standard InChI is InChI=1S/C13H24N2O2/c1-8(2)7-10(14)13(16)15-11-5-6-17-12(11)9-3-4-9/h8-12H,3-7,14H2,1-2H3,(H,15,16). The Morgan fingerprint density at radius 2 is 2.12 bits per heavy atom. The predicted octanol–water partition coefficient (Wildman–Crippen LogP) is 1.04. The third-order valence-electron chi connectivity index (χ3n) is 3.61. The highest BCUT2D eigenvalue weighted by atomic mass is 16.5. The van der Waals surface area contributed by atoms with E-state index in [1.165, 1.54) is 12.8 Å². The minimum atomic E-state index is -0.379. The maximum Gasteiger partial charge on any atom is 0.237 e. The van der Waals surface area contributed by atoms with E-state index in [-0.39, 0.29) is 24.1 Å². The first-order chi connectivity index (χ1) is 8.08. The average molecular weight is 240 g/mol. The van der Waals surface area contributed by atoms with Crippen molar-refractivity contribution < 1.29 is 9.53 Å². The van der Waals surface area contributed by atoms with Crippen molar-refractivity contribution in [2.24, 2.45) is 17.6 Å². The second-order valence-corrected chi connectivity index (χ2v) is 5.81. The number of carbonyl (C=O) groups excluding carboxylic acids is 1. The molecule has 1 aliphatic heterocycles. The monoisotopic (exact) mass is 240 g/mol. The zero-order valence-electron chi connectivity index (χ0n) is 10.8. The van der Waals surface area contributed by atoms with E-state index in [2.05, 4.69) is 19.2 Å². The molecule has 1 aliphatic carbocycles. The molecular formula is C13H24N2O2. The SMILES string of the molecule is CC(C)CC(N)C(=O)NC1CCOC1C1CC1. The molecule has 0 aromatic carbocycles. The van der Waals surface area contributed by atoms with Gasteiger partial charge in [-0.2, -0.15) is 0 Å². The molecule has 0 aromatic rings. The Labute approximate surface area is 103 Å². The van der Waals surface area contributed by atoms with Gasteiger partial charge >= 0.3 is 0 Å². The van der Waals surface area contributed by atoms with Gasteiger partial charge in [-0.1, -0.05) is 13.8 Å². The average Bonchev–Trinajstić information content (AvgIpc) is 2.99. The van der Waals surface area contributed by atoms with Gasteiger partial charge in [0.25, 0.3) is 0 Å². The first kappa shape index (κ1) is 12.8. The minimum Gasteiger partial charge on any atom is -0.376 e. The molecular weight excluding hydrogens is 216 g/mol. The molecule has 17 heavy (non-hydrogen) atoms. The Hall–Kier alpha value is -0.610.